The first-order chi connectivity index (χ1) is 13.9. The minimum atomic E-state index is -0.307. The van der Waals surface area contributed by atoms with E-state index in [2.05, 4.69) is 10.5 Å². The molecule has 0 spiro atoms. The summed E-state index contributed by atoms with van der Waals surface area (Å²) < 4.78 is 10.9. The molecule has 5 nitrogen and oxygen atoms in total. The predicted molar refractivity (Wildman–Crippen MR) is 114 cm³/mol. The van der Waals surface area contributed by atoms with Crippen LogP contribution < -0.4 is 5.32 Å². The molecule has 152 valence electrons. The van der Waals surface area contributed by atoms with E-state index in [9.17, 15) is 4.79 Å². The van der Waals surface area contributed by atoms with Crippen molar-refractivity contribution in [2.45, 2.75) is 40.0 Å². The number of aromatic nitrogens is 1. The molecule has 0 atom stereocenters. The summed E-state index contributed by atoms with van der Waals surface area (Å²) in [6.45, 7) is 6.55. The van der Waals surface area contributed by atoms with Gasteiger partial charge in [-0.15, -0.1) is 0 Å². The van der Waals surface area contributed by atoms with Crippen LogP contribution in [0.2, 0.25) is 10.0 Å². The number of nitrogens with one attached hydrogen (secondary N) is 1. The minimum Gasteiger partial charge on any atom is -0.374 e. The largest absolute Gasteiger partial charge is 0.374 e. The SMILES string of the molecule is Cc1onc(-c2c(Cl)cccc2Cl)c1C(=O)NCc1cccc(COC(C)C)c1. The van der Waals surface area contributed by atoms with Gasteiger partial charge in [-0.05, 0) is 44.0 Å². The minimum absolute atomic E-state index is 0.157. The van der Waals surface area contributed by atoms with E-state index in [0.29, 0.717) is 45.8 Å². The smallest absolute Gasteiger partial charge is 0.257 e. The molecule has 0 aliphatic rings. The monoisotopic (exact) mass is 432 g/mol. The highest BCUT2D eigenvalue weighted by Crippen LogP contribution is 2.36. The number of amides is 1. The highest BCUT2D eigenvalue weighted by molar-refractivity contribution is 6.39. The molecule has 2 aromatic carbocycles. The summed E-state index contributed by atoms with van der Waals surface area (Å²) in [5.74, 6) is 0.0890. The van der Waals surface area contributed by atoms with Gasteiger partial charge in [-0.3, -0.25) is 4.79 Å². The third kappa shape index (κ3) is 5.18. The molecule has 3 aromatic rings. The Morgan fingerprint density at radius 3 is 2.48 bits per heavy atom. The molecule has 29 heavy (non-hydrogen) atoms. The van der Waals surface area contributed by atoms with Crippen LogP contribution in [0.3, 0.4) is 0 Å². The quantitative estimate of drug-likeness (QED) is 0.511. The van der Waals surface area contributed by atoms with Crippen LogP contribution in [0.25, 0.3) is 11.3 Å². The van der Waals surface area contributed by atoms with Gasteiger partial charge < -0.3 is 14.6 Å². The van der Waals surface area contributed by atoms with Crippen molar-refractivity contribution in [2.75, 3.05) is 0 Å². The molecule has 3 rings (SSSR count). The maximum absolute atomic E-state index is 12.9. The zero-order valence-corrected chi connectivity index (χ0v) is 18.0. The summed E-state index contributed by atoms with van der Waals surface area (Å²) in [4.78, 5) is 12.9. The molecule has 1 N–H and O–H groups in total. The molecule has 1 amide bonds. The topological polar surface area (TPSA) is 64.4 Å². The molecule has 7 heteroatoms. The Balaban J connectivity index is 1.78. The zero-order chi connectivity index (χ0) is 21.0. The van der Waals surface area contributed by atoms with Crippen molar-refractivity contribution in [1.82, 2.24) is 10.5 Å². The van der Waals surface area contributed by atoms with E-state index >= 15 is 0 Å². The van der Waals surface area contributed by atoms with Crippen LogP contribution in [0.5, 0.6) is 0 Å². The van der Waals surface area contributed by atoms with E-state index in [4.69, 9.17) is 32.5 Å². The highest BCUT2D eigenvalue weighted by atomic mass is 35.5. The lowest BCUT2D eigenvalue weighted by Crippen LogP contribution is -2.23. The number of halogens is 2. The van der Waals surface area contributed by atoms with E-state index < -0.39 is 0 Å². The van der Waals surface area contributed by atoms with Crippen molar-refractivity contribution in [3.05, 3.63) is 75.0 Å². The lowest BCUT2D eigenvalue weighted by atomic mass is 10.1. The number of hydrogen-bond acceptors (Lipinski definition) is 4. The second kappa shape index (κ2) is 9.44. The molecular weight excluding hydrogens is 411 g/mol. The Labute approximate surface area is 179 Å². The Morgan fingerprint density at radius 2 is 1.79 bits per heavy atom. The molecule has 0 saturated heterocycles. The average molecular weight is 433 g/mol. The zero-order valence-electron chi connectivity index (χ0n) is 16.5. The first-order valence-electron chi connectivity index (χ1n) is 9.25. The summed E-state index contributed by atoms with van der Waals surface area (Å²) in [6, 6.07) is 13.0. The third-order valence-corrected chi connectivity index (χ3v) is 4.95. The molecule has 1 heterocycles. The fourth-order valence-corrected chi connectivity index (χ4v) is 3.47. The van der Waals surface area contributed by atoms with Gasteiger partial charge in [0.05, 0.1) is 22.8 Å². The highest BCUT2D eigenvalue weighted by Gasteiger charge is 2.24. The number of benzene rings is 2. The third-order valence-electron chi connectivity index (χ3n) is 4.32. The number of carbonyl (C=O) groups is 1. The number of rotatable bonds is 7. The fourth-order valence-electron chi connectivity index (χ4n) is 2.90. The average Bonchev–Trinajstić information content (AvgIpc) is 3.06. The number of ether oxygens (including phenoxy) is 1. The summed E-state index contributed by atoms with van der Waals surface area (Å²) in [5, 5.41) is 7.74. The molecular formula is C22H22Cl2N2O3. The lowest BCUT2D eigenvalue weighted by Gasteiger charge is -2.10. The van der Waals surface area contributed by atoms with E-state index in [-0.39, 0.29) is 12.0 Å². The summed E-state index contributed by atoms with van der Waals surface area (Å²) >= 11 is 12.6. The van der Waals surface area contributed by atoms with Gasteiger partial charge in [-0.1, -0.05) is 58.7 Å². The first kappa shape index (κ1) is 21.4. The normalized spacial score (nSPS) is 11.1. The molecule has 0 bridgehead atoms. The molecule has 0 saturated carbocycles. The number of hydrogen-bond donors (Lipinski definition) is 1. The summed E-state index contributed by atoms with van der Waals surface area (Å²) in [5.41, 5.74) is 3.14. The van der Waals surface area contributed by atoms with Gasteiger partial charge in [0, 0.05) is 12.1 Å². The van der Waals surface area contributed by atoms with Gasteiger partial charge in [-0.2, -0.15) is 0 Å². The molecule has 0 unspecified atom stereocenters. The summed E-state index contributed by atoms with van der Waals surface area (Å²) in [7, 11) is 0. The standard InChI is InChI=1S/C22H22Cl2N2O3/c1-13(2)28-12-16-7-4-6-15(10-16)11-25-22(27)19-14(3)29-26-21(19)20-17(23)8-5-9-18(20)24/h4-10,13H,11-12H2,1-3H3,(H,25,27). The van der Waals surface area contributed by atoms with E-state index in [1.807, 2.05) is 38.1 Å². The van der Waals surface area contributed by atoms with Gasteiger partial charge in [-0.25, -0.2) is 0 Å². The maximum Gasteiger partial charge on any atom is 0.257 e. The Hall–Kier alpha value is -2.34. The predicted octanol–water partition coefficient (Wildman–Crippen LogP) is 5.81. The van der Waals surface area contributed by atoms with E-state index in [1.165, 1.54) is 0 Å². The molecule has 0 aliphatic carbocycles. The van der Waals surface area contributed by atoms with E-state index in [0.717, 1.165) is 11.1 Å². The maximum atomic E-state index is 12.9. The van der Waals surface area contributed by atoms with Crippen LogP contribution >= 0.6 is 23.2 Å². The molecule has 0 fully saturated rings. The first-order valence-corrected chi connectivity index (χ1v) is 10.0. The van der Waals surface area contributed by atoms with Gasteiger partial charge in [0.1, 0.15) is 17.0 Å². The molecule has 1 aromatic heterocycles. The van der Waals surface area contributed by atoms with Gasteiger partial charge >= 0.3 is 0 Å². The van der Waals surface area contributed by atoms with Crippen LogP contribution in [0.15, 0.2) is 47.0 Å². The van der Waals surface area contributed by atoms with Crippen LogP contribution in [0.1, 0.15) is 41.1 Å². The Kier molecular flexibility index (Phi) is 6.96. The van der Waals surface area contributed by atoms with E-state index in [1.54, 1.807) is 25.1 Å². The van der Waals surface area contributed by atoms with Crippen LogP contribution in [0.4, 0.5) is 0 Å². The van der Waals surface area contributed by atoms with Crippen LogP contribution in [-0.4, -0.2) is 17.2 Å². The number of nitrogens with zero attached hydrogens (tertiary/aromatic N) is 1. The van der Waals surface area contributed by atoms with Crippen molar-refractivity contribution >= 4 is 29.1 Å². The van der Waals surface area contributed by atoms with Crippen molar-refractivity contribution in [3.63, 3.8) is 0 Å². The van der Waals surface area contributed by atoms with Crippen molar-refractivity contribution in [1.29, 1.82) is 0 Å². The second-order valence-corrected chi connectivity index (χ2v) is 7.74. The Bertz CT molecular complexity index is 995. The van der Waals surface area contributed by atoms with Gasteiger partial charge in [0.2, 0.25) is 0 Å². The lowest BCUT2D eigenvalue weighted by molar-refractivity contribution is 0.0657. The number of aryl methyl sites for hydroxylation is 1. The van der Waals surface area contributed by atoms with Gasteiger partial charge in [0.15, 0.2) is 0 Å². The van der Waals surface area contributed by atoms with Crippen molar-refractivity contribution in [3.8, 4) is 11.3 Å². The van der Waals surface area contributed by atoms with Crippen molar-refractivity contribution in [2.24, 2.45) is 0 Å². The molecule has 0 radical (unpaired) electrons. The Morgan fingerprint density at radius 1 is 1.14 bits per heavy atom. The molecule has 0 aliphatic heterocycles. The van der Waals surface area contributed by atoms with Crippen LogP contribution in [0, 0.1) is 6.92 Å². The van der Waals surface area contributed by atoms with Crippen molar-refractivity contribution < 1.29 is 14.1 Å². The number of carbonyl (C=O) groups excluding carboxylic acids is 1. The fraction of sp³-hybridized carbons (Fsp3) is 0.273. The van der Waals surface area contributed by atoms with Gasteiger partial charge in [0.25, 0.3) is 5.91 Å². The second-order valence-electron chi connectivity index (χ2n) is 6.92. The van der Waals surface area contributed by atoms with Crippen LogP contribution in [-0.2, 0) is 17.9 Å². The summed E-state index contributed by atoms with van der Waals surface area (Å²) in [6.07, 6.45) is 0.157.